The lowest BCUT2D eigenvalue weighted by Crippen LogP contribution is -2.31. The average molecular weight is 413 g/mol. The van der Waals surface area contributed by atoms with Crippen LogP contribution in [0, 0.1) is 6.92 Å². The van der Waals surface area contributed by atoms with Crippen LogP contribution in [0.5, 0.6) is 0 Å². The molecule has 0 spiro atoms. The van der Waals surface area contributed by atoms with E-state index in [9.17, 15) is 13.2 Å². The Bertz CT molecular complexity index is 892. The van der Waals surface area contributed by atoms with Crippen molar-refractivity contribution in [3.63, 3.8) is 0 Å². The normalized spacial score (nSPS) is 11.7. The highest BCUT2D eigenvalue weighted by atomic mass is 35.5. The molecule has 0 aliphatic heterocycles. The molecule has 148 valence electrons. The summed E-state index contributed by atoms with van der Waals surface area (Å²) in [6.45, 7) is 7.33. The topological polar surface area (TPSA) is 84.3 Å². The minimum absolute atomic E-state index is 0.0627. The first-order valence-corrected chi connectivity index (χ1v) is 10.7. The van der Waals surface area contributed by atoms with Crippen molar-refractivity contribution in [2.24, 2.45) is 0 Å². The number of carbonyl (C=O) groups is 1. The number of hydrogen-bond donors (Lipinski definition) is 1. The van der Waals surface area contributed by atoms with Gasteiger partial charge in [0.25, 0.3) is 5.91 Å². The number of sulfonamides is 1. The predicted molar refractivity (Wildman–Crippen MR) is 105 cm³/mol. The van der Waals surface area contributed by atoms with Gasteiger partial charge < -0.3 is 5.32 Å². The van der Waals surface area contributed by atoms with E-state index in [1.807, 2.05) is 17.8 Å². The molecule has 0 unspecified atom stereocenters. The fourth-order valence-electron chi connectivity index (χ4n) is 2.68. The smallest absolute Gasteiger partial charge is 0.252 e. The third kappa shape index (κ3) is 5.31. The van der Waals surface area contributed by atoms with Crippen molar-refractivity contribution >= 4 is 27.5 Å². The van der Waals surface area contributed by atoms with Gasteiger partial charge in [0.1, 0.15) is 0 Å². The fraction of sp³-hybridized carbons (Fsp3) is 0.444. The van der Waals surface area contributed by atoms with Crippen molar-refractivity contribution in [3.05, 3.63) is 46.7 Å². The minimum atomic E-state index is -3.65. The molecule has 27 heavy (non-hydrogen) atoms. The summed E-state index contributed by atoms with van der Waals surface area (Å²) in [4.78, 5) is 12.5. The highest BCUT2D eigenvalue weighted by molar-refractivity contribution is 7.89. The monoisotopic (exact) mass is 412 g/mol. The molecule has 7 nitrogen and oxygen atoms in total. The second kappa shape index (κ2) is 9.34. The Morgan fingerprint density at radius 2 is 2.00 bits per heavy atom. The Hall–Kier alpha value is -1.90. The molecule has 0 aliphatic rings. The molecule has 1 aromatic heterocycles. The zero-order valence-electron chi connectivity index (χ0n) is 15.8. The summed E-state index contributed by atoms with van der Waals surface area (Å²) >= 11 is 6.12. The third-order valence-electron chi connectivity index (χ3n) is 4.14. The van der Waals surface area contributed by atoms with Crippen LogP contribution in [0.3, 0.4) is 0 Å². The number of nitrogens with one attached hydrogen (secondary N) is 1. The summed E-state index contributed by atoms with van der Waals surface area (Å²) in [5.41, 5.74) is 1.23. The average Bonchev–Trinajstić information content (AvgIpc) is 3.04. The van der Waals surface area contributed by atoms with E-state index in [2.05, 4.69) is 10.4 Å². The van der Waals surface area contributed by atoms with Gasteiger partial charge in [-0.15, -0.1) is 0 Å². The van der Waals surface area contributed by atoms with Crippen molar-refractivity contribution < 1.29 is 13.2 Å². The summed E-state index contributed by atoms with van der Waals surface area (Å²) in [6, 6.07) is 4.20. The van der Waals surface area contributed by atoms with Gasteiger partial charge in [0.05, 0.1) is 21.7 Å². The molecule has 1 heterocycles. The summed E-state index contributed by atoms with van der Waals surface area (Å²) in [6.07, 6.45) is 4.41. The Kier molecular flexibility index (Phi) is 7.41. The van der Waals surface area contributed by atoms with E-state index in [0.29, 0.717) is 32.6 Å². The molecule has 0 atom stereocenters. The molecular weight excluding hydrogens is 388 g/mol. The zero-order valence-corrected chi connectivity index (χ0v) is 17.3. The van der Waals surface area contributed by atoms with Gasteiger partial charge in [-0.2, -0.15) is 9.40 Å². The maximum Gasteiger partial charge on any atom is 0.252 e. The Morgan fingerprint density at radius 3 is 2.59 bits per heavy atom. The van der Waals surface area contributed by atoms with Crippen LogP contribution in [0.2, 0.25) is 5.02 Å². The van der Waals surface area contributed by atoms with Crippen LogP contribution < -0.4 is 5.32 Å². The first-order valence-electron chi connectivity index (χ1n) is 8.86. The van der Waals surface area contributed by atoms with E-state index in [-0.39, 0.29) is 15.5 Å². The van der Waals surface area contributed by atoms with E-state index in [4.69, 9.17) is 11.6 Å². The summed E-state index contributed by atoms with van der Waals surface area (Å²) in [7, 11) is -3.65. The van der Waals surface area contributed by atoms with Crippen LogP contribution in [0.4, 0.5) is 0 Å². The largest absolute Gasteiger partial charge is 0.352 e. The van der Waals surface area contributed by atoms with Crippen molar-refractivity contribution in [2.75, 3.05) is 19.6 Å². The number of aromatic nitrogens is 2. The molecule has 1 amide bonds. The van der Waals surface area contributed by atoms with Gasteiger partial charge in [0.15, 0.2) is 0 Å². The SMILES string of the molecule is CCN(CC)S(=O)(=O)c1ccc(Cl)c(C(=O)NCCCn2cc(C)cn2)c1. The molecule has 0 radical (unpaired) electrons. The summed E-state index contributed by atoms with van der Waals surface area (Å²) in [5.74, 6) is -0.395. The van der Waals surface area contributed by atoms with Crippen LogP contribution >= 0.6 is 11.6 Å². The number of halogens is 1. The minimum Gasteiger partial charge on any atom is -0.352 e. The van der Waals surface area contributed by atoms with E-state index >= 15 is 0 Å². The van der Waals surface area contributed by atoms with Gasteiger partial charge in [0.2, 0.25) is 10.0 Å². The number of nitrogens with zero attached hydrogens (tertiary/aromatic N) is 3. The molecule has 1 N–H and O–H groups in total. The lowest BCUT2D eigenvalue weighted by Gasteiger charge is -2.19. The maximum absolute atomic E-state index is 12.6. The Morgan fingerprint density at radius 1 is 1.30 bits per heavy atom. The lowest BCUT2D eigenvalue weighted by atomic mass is 10.2. The van der Waals surface area contributed by atoms with Crippen LogP contribution in [-0.4, -0.2) is 48.0 Å². The van der Waals surface area contributed by atoms with E-state index in [1.165, 1.54) is 22.5 Å². The lowest BCUT2D eigenvalue weighted by molar-refractivity contribution is 0.0952. The van der Waals surface area contributed by atoms with Crippen LogP contribution in [-0.2, 0) is 16.6 Å². The number of aryl methyl sites for hydroxylation is 2. The molecule has 9 heteroatoms. The molecule has 2 aromatic rings. The van der Waals surface area contributed by atoms with E-state index in [0.717, 1.165) is 5.56 Å². The van der Waals surface area contributed by atoms with Gasteiger partial charge in [-0.05, 0) is 37.1 Å². The first-order chi connectivity index (χ1) is 12.8. The van der Waals surface area contributed by atoms with Crippen molar-refractivity contribution in [1.29, 1.82) is 0 Å². The van der Waals surface area contributed by atoms with Gasteiger partial charge in [0, 0.05) is 32.4 Å². The van der Waals surface area contributed by atoms with Crippen LogP contribution in [0.15, 0.2) is 35.5 Å². The molecular formula is C18H25ClN4O3S. The number of carbonyl (C=O) groups excluding carboxylic acids is 1. The maximum atomic E-state index is 12.6. The molecule has 0 saturated carbocycles. The molecule has 0 fully saturated rings. The van der Waals surface area contributed by atoms with Crippen molar-refractivity contribution in [2.45, 2.75) is 38.6 Å². The molecule has 0 aliphatic carbocycles. The van der Waals surface area contributed by atoms with Crippen LogP contribution in [0.1, 0.15) is 36.2 Å². The van der Waals surface area contributed by atoms with Gasteiger partial charge in [-0.25, -0.2) is 8.42 Å². The number of amides is 1. The predicted octanol–water partition coefficient (Wildman–Crippen LogP) is 2.70. The highest BCUT2D eigenvalue weighted by Crippen LogP contribution is 2.23. The third-order valence-corrected chi connectivity index (χ3v) is 6.51. The second-order valence-electron chi connectivity index (χ2n) is 6.12. The zero-order chi connectivity index (χ0) is 20.0. The van der Waals surface area contributed by atoms with E-state index in [1.54, 1.807) is 20.0 Å². The van der Waals surface area contributed by atoms with E-state index < -0.39 is 15.9 Å². The van der Waals surface area contributed by atoms with Gasteiger partial charge in [-0.1, -0.05) is 25.4 Å². The van der Waals surface area contributed by atoms with Crippen LogP contribution in [0.25, 0.3) is 0 Å². The first kappa shape index (κ1) is 21.4. The van der Waals surface area contributed by atoms with Crippen molar-refractivity contribution in [3.8, 4) is 0 Å². The standard InChI is InChI=1S/C18H25ClN4O3S/c1-4-23(5-2)27(25,26)15-7-8-17(19)16(11-15)18(24)20-9-6-10-22-13-14(3)12-21-22/h7-8,11-13H,4-6,9-10H2,1-3H3,(H,20,24). The fourth-order valence-corrected chi connectivity index (χ4v) is 4.37. The Balaban J connectivity index is 2.05. The molecule has 1 aromatic carbocycles. The summed E-state index contributed by atoms with van der Waals surface area (Å²) in [5, 5.41) is 7.18. The van der Waals surface area contributed by atoms with Gasteiger partial charge in [-0.3, -0.25) is 9.48 Å². The summed E-state index contributed by atoms with van der Waals surface area (Å²) < 4.78 is 28.4. The molecule has 0 saturated heterocycles. The molecule has 0 bridgehead atoms. The number of benzene rings is 1. The number of rotatable bonds is 9. The quantitative estimate of drug-likeness (QED) is 0.642. The second-order valence-corrected chi connectivity index (χ2v) is 8.47. The van der Waals surface area contributed by atoms with Crippen molar-refractivity contribution in [1.82, 2.24) is 19.4 Å². The van der Waals surface area contributed by atoms with Gasteiger partial charge >= 0.3 is 0 Å². The Labute approximate surface area is 165 Å². The highest BCUT2D eigenvalue weighted by Gasteiger charge is 2.23. The number of hydrogen-bond acceptors (Lipinski definition) is 4. The molecule has 2 rings (SSSR count).